The first-order valence-corrected chi connectivity index (χ1v) is 6.86. The molecular weight excluding hydrogens is 303 g/mol. The molecule has 2 atom stereocenters. The molecule has 1 heterocycles. The van der Waals surface area contributed by atoms with Crippen LogP contribution in [0.5, 0.6) is 0 Å². The van der Waals surface area contributed by atoms with Crippen molar-refractivity contribution in [2.24, 2.45) is 5.92 Å². The van der Waals surface area contributed by atoms with Crippen LogP contribution < -0.4 is 5.32 Å². The molecule has 0 fully saturated rings. The third-order valence-electron chi connectivity index (χ3n) is 3.02. The average Bonchev–Trinajstić information content (AvgIpc) is 2.45. The molecule has 0 saturated carbocycles. The Kier molecular flexibility index (Phi) is 6.23. The lowest BCUT2D eigenvalue weighted by Crippen LogP contribution is -2.45. The van der Waals surface area contributed by atoms with Crippen molar-refractivity contribution in [2.75, 3.05) is 7.11 Å². The molecule has 110 valence electrons. The van der Waals surface area contributed by atoms with Crippen LogP contribution in [-0.4, -0.2) is 30.0 Å². The Morgan fingerprint density at radius 2 is 2.10 bits per heavy atom. The van der Waals surface area contributed by atoms with Gasteiger partial charge in [0.1, 0.15) is 11.2 Å². The number of hydrogen-bond donors (Lipinski definition) is 1. The van der Waals surface area contributed by atoms with Crippen LogP contribution in [-0.2, 0) is 9.53 Å². The minimum absolute atomic E-state index is 0.0671. The summed E-state index contributed by atoms with van der Waals surface area (Å²) in [4.78, 5) is 27.7. The summed E-state index contributed by atoms with van der Waals surface area (Å²) in [5.41, 5.74) is 0.170. The van der Waals surface area contributed by atoms with Gasteiger partial charge in [-0.25, -0.2) is 9.78 Å². The Labute approximate surface area is 127 Å². The Morgan fingerprint density at radius 3 is 2.65 bits per heavy atom. The summed E-state index contributed by atoms with van der Waals surface area (Å²) in [6.07, 6.45) is 2.00. The summed E-state index contributed by atoms with van der Waals surface area (Å²) in [6.45, 7) is 3.77. The first-order valence-electron chi connectivity index (χ1n) is 6.10. The van der Waals surface area contributed by atoms with E-state index in [-0.39, 0.29) is 21.7 Å². The number of ether oxygens (including phenoxy) is 1. The number of halogens is 2. The minimum Gasteiger partial charge on any atom is -0.467 e. The number of aromatic nitrogens is 1. The van der Waals surface area contributed by atoms with Gasteiger partial charge in [0.05, 0.1) is 17.7 Å². The standard InChI is InChI=1S/C13H16Cl2N2O3/c1-4-7(2)11(13(19)20-3)17-12(18)8-5-10(15)16-6-9(8)14/h5-7,11H,4H2,1-3H3,(H,17,18). The number of amides is 1. The average molecular weight is 319 g/mol. The van der Waals surface area contributed by atoms with Gasteiger partial charge < -0.3 is 10.1 Å². The van der Waals surface area contributed by atoms with Crippen molar-refractivity contribution in [1.29, 1.82) is 0 Å². The number of methoxy groups -OCH3 is 1. The van der Waals surface area contributed by atoms with Crippen molar-refractivity contribution >= 4 is 35.1 Å². The molecule has 0 aliphatic heterocycles. The highest BCUT2D eigenvalue weighted by Gasteiger charge is 2.27. The maximum atomic E-state index is 12.2. The topological polar surface area (TPSA) is 68.3 Å². The quantitative estimate of drug-likeness (QED) is 0.669. The summed E-state index contributed by atoms with van der Waals surface area (Å²) in [6, 6.07) is 0.616. The van der Waals surface area contributed by atoms with E-state index in [1.807, 2.05) is 13.8 Å². The maximum absolute atomic E-state index is 12.2. The fraction of sp³-hybridized carbons (Fsp3) is 0.462. The Balaban J connectivity index is 2.96. The number of pyridine rings is 1. The normalized spacial score (nSPS) is 13.4. The third kappa shape index (κ3) is 4.08. The molecule has 0 spiro atoms. The van der Waals surface area contributed by atoms with E-state index in [0.29, 0.717) is 6.42 Å². The third-order valence-corrected chi connectivity index (χ3v) is 3.53. The van der Waals surface area contributed by atoms with Gasteiger partial charge in [-0.05, 0) is 12.0 Å². The number of rotatable bonds is 5. The van der Waals surface area contributed by atoms with E-state index in [1.165, 1.54) is 19.4 Å². The van der Waals surface area contributed by atoms with Gasteiger partial charge in [0.15, 0.2) is 0 Å². The molecule has 0 aliphatic rings. The Hall–Kier alpha value is -1.33. The highest BCUT2D eigenvalue weighted by atomic mass is 35.5. The first kappa shape index (κ1) is 16.7. The van der Waals surface area contributed by atoms with E-state index >= 15 is 0 Å². The van der Waals surface area contributed by atoms with Crippen molar-refractivity contribution in [3.05, 3.63) is 28.0 Å². The molecule has 1 rings (SSSR count). The molecule has 1 aromatic heterocycles. The van der Waals surface area contributed by atoms with Gasteiger partial charge in [-0.1, -0.05) is 43.5 Å². The van der Waals surface area contributed by atoms with E-state index < -0.39 is 17.9 Å². The second kappa shape index (κ2) is 7.45. The molecule has 0 saturated heterocycles. The Bertz CT molecular complexity index is 508. The molecule has 0 aliphatic carbocycles. The van der Waals surface area contributed by atoms with Crippen LogP contribution in [0.1, 0.15) is 30.6 Å². The van der Waals surface area contributed by atoms with Gasteiger partial charge in [-0.3, -0.25) is 4.79 Å². The molecule has 1 aromatic rings. The fourth-order valence-corrected chi connectivity index (χ4v) is 1.95. The smallest absolute Gasteiger partial charge is 0.328 e. The lowest BCUT2D eigenvalue weighted by Gasteiger charge is -2.22. The Morgan fingerprint density at radius 1 is 1.45 bits per heavy atom. The highest BCUT2D eigenvalue weighted by Crippen LogP contribution is 2.19. The number of carbonyl (C=O) groups is 2. The molecule has 2 unspecified atom stereocenters. The van der Waals surface area contributed by atoms with Crippen molar-refractivity contribution in [2.45, 2.75) is 26.3 Å². The zero-order chi connectivity index (χ0) is 15.3. The first-order chi connectivity index (χ1) is 9.40. The molecule has 0 radical (unpaired) electrons. The molecule has 20 heavy (non-hydrogen) atoms. The molecular formula is C13H16Cl2N2O3. The van der Waals surface area contributed by atoms with Crippen LogP contribution in [0.4, 0.5) is 0 Å². The van der Waals surface area contributed by atoms with Crippen LogP contribution in [0.3, 0.4) is 0 Å². The molecule has 7 heteroatoms. The van der Waals surface area contributed by atoms with Gasteiger partial charge in [0, 0.05) is 6.20 Å². The maximum Gasteiger partial charge on any atom is 0.328 e. The number of carbonyl (C=O) groups excluding carboxylic acids is 2. The van der Waals surface area contributed by atoms with Crippen molar-refractivity contribution in [3.8, 4) is 0 Å². The van der Waals surface area contributed by atoms with Gasteiger partial charge in [-0.15, -0.1) is 0 Å². The monoisotopic (exact) mass is 318 g/mol. The summed E-state index contributed by atoms with van der Waals surface area (Å²) in [5, 5.41) is 2.94. The zero-order valence-electron chi connectivity index (χ0n) is 11.4. The predicted molar refractivity (Wildman–Crippen MR) is 77.0 cm³/mol. The van der Waals surface area contributed by atoms with Crippen LogP contribution in [0, 0.1) is 5.92 Å². The van der Waals surface area contributed by atoms with Crippen molar-refractivity contribution in [1.82, 2.24) is 10.3 Å². The summed E-state index contributed by atoms with van der Waals surface area (Å²) >= 11 is 11.6. The van der Waals surface area contributed by atoms with Gasteiger partial charge in [0.2, 0.25) is 0 Å². The van der Waals surface area contributed by atoms with Crippen LogP contribution >= 0.6 is 23.2 Å². The fourth-order valence-electron chi connectivity index (χ4n) is 1.60. The van der Waals surface area contributed by atoms with Crippen molar-refractivity contribution < 1.29 is 14.3 Å². The number of hydrogen-bond acceptors (Lipinski definition) is 4. The minimum atomic E-state index is -0.736. The van der Waals surface area contributed by atoms with Gasteiger partial charge in [-0.2, -0.15) is 0 Å². The van der Waals surface area contributed by atoms with E-state index in [9.17, 15) is 9.59 Å². The predicted octanol–water partition coefficient (Wildman–Crippen LogP) is 2.71. The molecule has 1 amide bonds. The van der Waals surface area contributed by atoms with E-state index in [0.717, 1.165) is 0 Å². The largest absolute Gasteiger partial charge is 0.467 e. The molecule has 5 nitrogen and oxygen atoms in total. The van der Waals surface area contributed by atoms with Crippen LogP contribution in [0.25, 0.3) is 0 Å². The number of esters is 1. The second-order valence-corrected chi connectivity index (χ2v) is 5.14. The van der Waals surface area contributed by atoms with Crippen LogP contribution in [0.15, 0.2) is 12.3 Å². The lowest BCUT2D eigenvalue weighted by atomic mass is 9.99. The molecule has 0 aromatic carbocycles. The summed E-state index contributed by atoms with van der Waals surface area (Å²) in [7, 11) is 1.28. The van der Waals surface area contributed by atoms with E-state index in [2.05, 4.69) is 10.3 Å². The molecule has 0 bridgehead atoms. The van der Waals surface area contributed by atoms with E-state index in [4.69, 9.17) is 27.9 Å². The van der Waals surface area contributed by atoms with Crippen molar-refractivity contribution in [3.63, 3.8) is 0 Å². The summed E-state index contributed by atoms with van der Waals surface area (Å²) < 4.78 is 4.70. The zero-order valence-corrected chi connectivity index (χ0v) is 13.0. The van der Waals surface area contributed by atoms with Gasteiger partial charge >= 0.3 is 5.97 Å². The van der Waals surface area contributed by atoms with E-state index in [1.54, 1.807) is 0 Å². The number of nitrogens with zero attached hydrogens (tertiary/aromatic N) is 1. The lowest BCUT2D eigenvalue weighted by molar-refractivity contribution is -0.144. The second-order valence-electron chi connectivity index (χ2n) is 4.35. The number of nitrogens with one attached hydrogen (secondary N) is 1. The van der Waals surface area contributed by atoms with Gasteiger partial charge in [0.25, 0.3) is 5.91 Å². The van der Waals surface area contributed by atoms with Crippen LogP contribution in [0.2, 0.25) is 10.2 Å². The highest BCUT2D eigenvalue weighted by molar-refractivity contribution is 6.35. The summed E-state index contributed by atoms with van der Waals surface area (Å²) in [5.74, 6) is -1.05. The SMILES string of the molecule is CCC(C)C(NC(=O)c1cc(Cl)ncc1Cl)C(=O)OC. The molecule has 1 N–H and O–H groups in total.